The van der Waals surface area contributed by atoms with Crippen molar-refractivity contribution >= 4 is 15.9 Å². The Labute approximate surface area is 100 Å². The lowest BCUT2D eigenvalue weighted by atomic mass is 10.2. The highest BCUT2D eigenvalue weighted by Crippen LogP contribution is 2.04. The van der Waals surface area contributed by atoms with Crippen molar-refractivity contribution in [1.29, 1.82) is 0 Å². The summed E-state index contributed by atoms with van der Waals surface area (Å²) in [6.07, 6.45) is 4.27. The van der Waals surface area contributed by atoms with Crippen LogP contribution in [0.2, 0.25) is 0 Å². The van der Waals surface area contributed by atoms with Crippen LogP contribution >= 0.6 is 15.9 Å². The molecule has 0 heterocycles. The van der Waals surface area contributed by atoms with E-state index in [0.717, 1.165) is 11.9 Å². The smallest absolute Gasteiger partial charge is 0.0717 e. The maximum atomic E-state index is 5.61. The van der Waals surface area contributed by atoms with Crippen LogP contribution < -0.4 is 0 Å². The van der Waals surface area contributed by atoms with Crippen LogP contribution in [0.3, 0.4) is 0 Å². The van der Waals surface area contributed by atoms with Crippen molar-refractivity contribution in [2.75, 3.05) is 11.9 Å². The highest BCUT2D eigenvalue weighted by atomic mass is 79.9. The first-order chi connectivity index (χ1) is 7.33. The van der Waals surface area contributed by atoms with E-state index in [4.69, 9.17) is 4.74 Å². The number of alkyl halides is 1. The first-order valence-electron chi connectivity index (χ1n) is 5.17. The SMILES string of the molecule is C[C@H](/C=C/CBr)COCc1ccccc1. The molecule has 0 fully saturated rings. The fourth-order valence-electron chi connectivity index (χ4n) is 1.28. The summed E-state index contributed by atoms with van der Waals surface area (Å²) in [5, 5.41) is 0.913. The van der Waals surface area contributed by atoms with Crippen LogP contribution in [-0.4, -0.2) is 11.9 Å². The largest absolute Gasteiger partial charge is 0.376 e. The third kappa shape index (κ3) is 5.75. The molecule has 0 unspecified atom stereocenters. The van der Waals surface area contributed by atoms with Gasteiger partial charge in [-0.05, 0) is 11.5 Å². The number of hydrogen-bond acceptors (Lipinski definition) is 1. The molecule has 0 aromatic heterocycles. The predicted octanol–water partition coefficient (Wildman–Crippen LogP) is 3.79. The molecule has 15 heavy (non-hydrogen) atoms. The number of benzene rings is 1. The van der Waals surface area contributed by atoms with Gasteiger partial charge in [-0.25, -0.2) is 0 Å². The van der Waals surface area contributed by atoms with Crippen molar-refractivity contribution in [1.82, 2.24) is 0 Å². The Hall–Kier alpha value is -0.600. The van der Waals surface area contributed by atoms with Crippen LogP contribution in [0.5, 0.6) is 0 Å². The lowest BCUT2D eigenvalue weighted by Gasteiger charge is -2.07. The predicted molar refractivity (Wildman–Crippen MR) is 68.2 cm³/mol. The van der Waals surface area contributed by atoms with Crippen molar-refractivity contribution in [3.63, 3.8) is 0 Å². The van der Waals surface area contributed by atoms with E-state index in [1.807, 2.05) is 18.2 Å². The second-order valence-corrected chi connectivity index (χ2v) is 4.21. The standard InChI is InChI=1S/C13H17BrO/c1-12(6-5-9-14)10-15-11-13-7-3-2-4-8-13/h2-8,12H,9-11H2,1H3/b6-5+/t12-/m1/s1. The molecule has 2 heteroatoms. The number of ether oxygens (including phenoxy) is 1. The number of hydrogen-bond donors (Lipinski definition) is 0. The van der Waals surface area contributed by atoms with Gasteiger partial charge >= 0.3 is 0 Å². The third-order valence-corrected chi connectivity index (χ3v) is 2.42. The van der Waals surface area contributed by atoms with E-state index in [1.165, 1.54) is 5.56 Å². The van der Waals surface area contributed by atoms with Crippen LogP contribution in [0.1, 0.15) is 12.5 Å². The van der Waals surface area contributed by atoms with E-state index in [1.54, 1.807) is 0 Å². The average Bonchev–Trinajstić information content (AvgIpc) is 2.28. The first-order valence-corrected chi connectivity index (χ1v) is 6.29. The quantitative estimate of drug-likeness (QED) is 0.564. The van der Waals surface area contributed by atoms with E-state index < -0.39 is 0 Å². The summed E-state index contributed by atoms with van der Waals surface area (Å²) in [6.45, 7) is 3.63. The summed E-state index contributed by atoms with van der Waals surface area (Å²) in [6, 6.07) is 10.3. The Morgan fingerprint density at radius 1 is 1.33 bits per heavy atom. The topological polar surface area (TPSA) is 9.23 Å². The fraction of sp³-hybridized carbons (Fsp3) is 0.385. The van der Waals surface area contributed by atoms with Gasteiger partial charge in [-0.2, -0.15) is 0 Å². The van der Waals surface area contributed by atoms with Crippen molar-refractivity contribution in [2.24, 2.45) is 5.92 Å². The van der Waals surface area contributed by atoms with Gasteiger partial charge in [0.2, 0.25) is 0 Å². The minimum atomic E-state index is 0.478. The maximum Gasteiger partial charge on any atom is 0.0717 e. The lowest BCUT2D eigenvalue weighted by molar-refractivity contribution is 0.104. The summed E-state index contributed by atoms with van der Waals surface area (Å²) in [7, 11) is 0. The molecule has 1 aromatic carbocycles. The molecule has 1 atom stereocenters. The van der Waals surface area contributed by atoms with E-state index in [0.29, 0.717) is 12.5 Å². The average molecular weight is 269 g/mol. The number of rotatable bonds is 6. The van der Waals surface area contributed by atoms with Crippen LogP contribution in [-0.2, 0) is 11.3 Å². The van der Waals surface area contributed by atoms with Gasteiger partial charge in [0.05, 0.1) is 13.2 Å². The molecule has 82 valence electrons. The Bertz CT molecular complexity index is 282. The van der Waals surface area contributed by atoms with Gasteiger partial charge in [0.25, 0.3) is 0 Å². The van der Waals surface area contributed by atoms with E-state index >= 15 is 0 Å². The Morgan fingerprint density at radius 3 is 2.73 bits per heavy atom. The zero-order valence-corrected chi connectivity index (χ0v) is 10.6. The van der Waals surface area contributed by atoms with E-state index in [-0.39, 0.29) is 0 Å². The minimum Gasteiger partial charge on any atom is -0.376 e. The lowest BCUT2D eigenvalue weighted by Crippen LogP contribution is -2.03. The van der Waals surface area contributed by atoms with Gasteiger partial charge in [-0.3, -0.25) is 0 Å². The third-order valence-electron chi connectivity index (χ3n) is 2.05. The van der Waals surface area contributed by atoms with Gasteiger partial charge in [0.15, 0.2) is 0 Å². The summed E-state index contributed by atoms with van der Waals surface area (Å²) in [5.41, 5.74) is 1.23. The molecule has 0 bridgehead atoms. The molecule has 0 aliphatic carbocycles. The second kappa shape index (κ2) is 7.66. The number of halogens is 1. The molecule has 0 saturated heterocycles. The minimum absolute atomic E-state index is 0.478. The van der Waals surface area contributed by atoms with Crippen molar-refractivity contribution in [3.05, 3.63) is 48.0 Å². The molecule has 0 aliphatic heterocycles. The first kappa shape index (κ1) is 12.5. The fourth-order valence-corrected chi connectivity index (χ4v) is 1.49. The van der Waals surface area contributed by atoms with Gasteiger partial charge in [0, 0.05) is 5.33 Å². The van der Waals surface area contributed by atoms with Crippen molar-refractivity contribution in [2.45, 2.75) is 13.5 Å². The normalized spacial score (nSPS) is 13.2. The van der Waals surface area contributed by atoms with Crippen LogP contribution in [0.4, 0.5) is 0 Å². The highest BCUT2D eigenvalue weighted by Gasteiger charge is 1.97. The highest BCUT2D eigenvalue weighted by molar-refractivity contribution is 9.09. The van der Waals surface area contributed by atoms with Gasteiger partial charge in [0.1, 0.15) is 0 Å². The molecule has 1 nitrogen and oxygen atoms in total. The molecule has 0 aliphatic rings. The molecule has 1 aromatic rings. The molecule has 0 amide bonds. The molecular weight excluding hydrogens is 252 g/mol. The van der Waals surface area contributed by atoms with Gasteiger partial charge in [-0.1, -0.05) is 65.3 Å². The summed E-state index contributed by atoms with van der Waals surface area (Å²) >= 11 is 3.36. The van der Waals surface area contributed by atoms with Crippen molar-refractivity contribution in [3.8, 4) is 0 Å². The van der Waals surface area contributed by atoms with Crippen LogP contribution in [0, 0.1) is 5.92 Å². The molecule has 0 saturated carbocycles. The molecule has 0 radical (unpaired) electrons. The number of allylic oxidation sites excluding steroid dienone is 1. The maximum absolute atomic E-state index is 5.61. The Kier molecular flexibility index (Phi) is 6.37. The molecule has 0 spiro atoms. The second-order valence-electron chi connectivity index (χ2n) is 3.56. The Balaban J connectivity index is 2.19. The monoisotopic (exact) mass is 268 g/mol. The van der Waals surface area contributed by atoms with Gasteiger partial charge < -0.3 is 4.74 Å². The Morgan fingerprint density at radius 2 is 2.07 bits per heavy atom. The van der Waals surface area contributed by atoms with E-state index in [2.05, 4.69) is 47.1 Å². The van der Waals surface area contributed by atoms with Gasteiger partial charge in [-0.15, -0.1) is 0 Å². The molecule has 1 rings (SSSR count). The van der Waals surface area contributed by atoms with Crippen molar-refractivity contribution < 1.29 is 4.74 Å². The molecule has 0 N–H and O–H groups in total. The molecular formula is C13H17BrO. The summed E-state index contributed by atoms with van der Waals surface area (Å²) in [4.78, 5) is 0. The summed E-state index contributed by atoms with van der Waals surface area (Å²) < 4.78 is 5.61. The summed E-state index contributed by atoms with van der Waals surface area (Å²) in [5.74, 6) is 0.478. The van der Waals surface area contributed by atoms with Crippen LogP contribution in [0.15, 0.2) is 42.5 Å². The van der Waals surface area contributed by atoms with E-state index in [9.17, 15) is 0 Å². The van der Waals surface area contributed by atoms with Crippen LogP contribution in [0.25, 0.3) is 0 Å². The zero-order chi connectivity index (χ0) is 10.9. The zero-order valence-electron chi connectivity index (χ0n) is 9.03.